The van der Waals surface area contributed by atoms with Crippen molar-refractivity contribution in [2.45, 2.75) is 64.7 Å². The summed E-state index contributed by atoms with van der Waals surface area (Å²) < 4.78 is 11.1. The molecule has 26 heavy (non-hydrogen) atoms. The lowest BCUT2D eigenvalue weighted by Gasteiger charge is -2.39. The van der Waals surface area contributed by atoms with Gasteiger partial charge in [-0.15, -0.1) is 0 Å². The van der Waals surface area contributed by atoms with Gasteiger partial charge >= 0.3 is 5.97 Å². The number of carbonyl (C=O) groups excluding carboxylic acids is 1. The zero-order valence-corrected chi connectivity index (χ0v) is 16.1. The molecule has 1 aromatic carbocycles. The van der Waals surface area contributed by atoms with E-state index in [1.54, 1.807) is 0 Å². The van der Waals surface area contributed by atoms with E-state index in [9.17, 15) is 4.79 Å². The molecule has 0 spiro atoms. The zero-order chi connectivity index (χ0) is 18.4. The molecule has 2 aliphatic rings. The fourth-order valence-corrected chi connectivity index (χ4v) is 3.70. The highest BCUT2D eigenvalue weighted by atomic mass is 16.5. The molecule has 2 fully saturated rings. The monoisotopic (exact) mass is 356 g/mol. The number of esters is 1. The Hall–Kier alpha value is -1.77. The second-order valence-electron chi connectivity index (χ2n) is 8.03. The molecule has 3 heteroatoms. The number of carbonyl (C=O) groups is 1. The van der Waals surface area contributed by atoms with Crippen molar-refractivity contribution < 1.29 is 14.3 Å². The summed E-state index contributed by atoms with van der Waals surface area (Å²) in [5.74, 6) is 1.76. The van der Waals surface area contributed by atoms with E-state index in [0.29, 0.717) is 6.61 Å². The summed E-state index contributed by atoms with van der Waals surface area (Å²) in [7, 11) is 0. The molecule has 3 rings (SSSR count). The third-order valence-electron chi connectivity index (χ3n) is 5.76. The second kappa shape index (κ2) is 8.75. The van der Waals surface area contributed by atoms with E-state index in [0.717, 1.165) is 63.2 Å². The van der Waals surface area contributed by atoms with Gasteiger partial charge in [0.1, 0.15) is 5.75 Å². The van der Waals surface area contributed by atoms with E-state index in [4.69, 9.17) is 9.47 Å². The number of benzene rings is 1. The molecule has 0 atom stereocenters. The van der Waals surface area contributed by atoms with Crippen LogP contribution in [0.15, 0.2) is 36.4 Å². The van der Waals surface area contributed by atoms with Gasteiger partial charge in [0.05, 0.1) is 18.6 Å². The Balaban J connectivity index is 1.38. The Morgan fingerprint density at radius 3 is 2.54 bits per heavy atom. The molecule has 2 aliphatic carbocycles. The first kappa shape index (κ1) is 19.0. The first-order valence-corrected chi connectivity index (χ1v) is 10.2. The SMILES string of the molecule is C=C(CCCC1(C(=O)OCC)CCC1)Cc1ccc(OCC2CC2)cc1. The molecule has 0 N–H and O–H groups in total. The number of allylic oxidation sites excluding steroid dienone is 1. The number of hydrogen-bond acceptors (Lipinski definition) is 3. The van der Waals surface area contributed by atoms with Crippen LogP contribution in [0.5, 0.6) is 5.75 Å². The van der Waals surface area contributed by atoms with E-state index in [2.05, 4.69) is 30.8 Å². The van der Waals surface area contributed by atoms with E-state index >= 15 is 0 Å². The third kappa shape index (κ3) is 5.12. The summed E-state index contributed by atoms with van der Waals surface area (Å²) >= 11 is 0. The first-order chi connectivity index (χ1) is 12.6. The Kier molecular flexibility index (Phi) is 6.39. The average Bonchev–Trinajstić information content (AvgIpc) is 3.41. The molecule has 3 nitrogen and oxygen atoms in total. The van der Waals surface area contributed by atoms with Crippen LogP contribution < -0.4 is 4.74 Å². The molecule has 0 aromatic heterocycles. The van der Waals surface area contributed by atoms with Gasteiger partial charge in [0.25, 0.3) is 0 Å². The van der Waals surface area contributed by atoms with Gasteiger partial charge in [-0.2, -0.15) is 0 Å². The molecule has 0 radical (unpaired) electrons. The molecule has 142 valence electrons. The molecule has 0 amide bonds. The molecule has 0 unspecified atom stereocenters. The zero-order valence-electron chi connectivity index (χ0n) is 16.1. The van der Waals surface area contributed by atoms with Crippen LogP contribution in [0.3, 0.4) is 0 Å². The number of rotatable bonds is 11. The van der Waals surface area contributed by atoms with Gasteiger partial charge < -0.3 is 9.47 Å². The Morgan fingerprint density at radius 1 is 1.23 bits per heavy atom. The van der Waals surface area contributed by atoms with Gasteiger partial charge in [-0.05, 0) is 81.9 Å². The maximum Gasteiger partial charge on any atom is 0.312 e. The molecule has 0 heterocycles. The van der Waals surface area contributed by atoms with E-state index < -0.39 is 0 Å². The van der Waals surface area contributed by atoms with Crippen molar-refractivity contribution in [1.29, 1.82) is 0 Å². The maximum atomic E-state index is 12.2. The van der Waals surface area contributed by atoms with Gasteiger partial charge in [-0.1, -0.05) is 30.7 Å². The minimum Gasteiger partial charge on any atom is -0.493 e. The fourth-order valence-electron chi connectivity index (χ4n) is 3.70. The molecule has 1 aromatic rings. The predicted octanol–water partition coefficient (Wildman–Crippen LogP) is 5.48. The highest BCUT2D eigenvalue weighted by Crippen LogP contribution is 2.46. The van der Waals surface area contributed by atoms with Crippen LogP contribution in [0.4, 0.5) is 0 Å². The molecule has 0 bridgehead atoms. The first-order valence-electron chi connectivity index (χ1n) is 10.2. The Bertz CT molecular complexity index is 609. The van der Waals surface area contributed by atoms with Crippen LogP contribution in [0.2, 0.25) is 0 Å². The van der Waals surface area contributed by atoms with Crippen LogP contribution in [-0.4, -0.2) is 19.2 Å². The van der Waals surface area contributed by atoms with Crippen molar-refractivity contribution >= 4 is 5.97 Å². The quantitative estimate of drug-likeness (QED) is 0.389. The predicted molar refractivity (Wildman–Crippen MR) is 104 cm³/mol. The molecule has 2 saturated carbocycles. The number of hydrogen-bond donors (Lipinski definition) is 0. The van der Waals surface area contributed by atoms with Gasteiger partial charge in [0.2, 0.25) is 0 Å². The average molecular weight is 357 g/mol. The minimum absolute atomic E-state index is 0.0126. The van der Waals surface area contributed by atoms with Crippen molar-refractivity contribution in [3.63, 3.8) is 0 Å². The van der Waals surface area contributed by atoms with E-state index in [-0.39, 0.29) is 11.4 Å². The van der Waals surface area contributed by atoms with Crippen molar-refractivity contribution in [2.24, 2.45) is 11.3 Å². The van der Waals surface area contributed by atoms with Crippen molar-refractivity contribution in [1.82, 2.24) is 0 Å². The van der Waals surface area contributed by atoms with Gasteiger partial charge in [-0.25, -0.2) is 0 Å². The summed E-state index contributed by atoms with van der Waals surface area (Å²) in [6.45, 7) is 7.46. The lowest BCUT2D eigenvalue weighted by molar-refractivity contribution is -0.161. The lowest BCUT2D eigenvalue weighted by atomic mass is 9.66. The highest BCUT2D eigenvalue weighted by molar-refractivity contribution is 5.77. The maximum absolute atomic E-state index is 12.2. The molecule has 0 saturated heterocycles. The van der Waals surface area contributed by atoms with Crippen LogP contribution in [0.1, 0.15) is 63.9 Å². The normalized spacial score (nSPS) is 18.0. The number of ether oxygens (including phenoxy) is 2. The van der Waals surface area contributed by atoms with Crippen LogP contribution in [-0.2, 0) is 16.0 Å². The van der Waals surface area contributed by atoms with Crippen LogP contribution in [0.25, 0.3) is 0 Å². The molecular weight excluding hydrogens is 324 g/mol. The largest absolute Gasteiger partial charge is 0.493 e. The van der Waals surface area contributed by atoms with E-state index in [1.807, 2.05) is 6.92 Å². The summed E-state index contributed by atoms with van der Waals surface area (Å²) in [6, 6.07) is 8.41. The Labute approximate surface area is 157 Å². The van der Waals surface area contributed by atoms with Gasteiger partial charge in [0, 0.05) is 0 Å². The summed E-state index contributed by atoms with van der Waals surface area (Å²) in [5.41, 5.74) is 2.31. The van der Waals surface area contributed by atoms with Crippen molar-refractivity contribution in [3.8, 4) is 5.75 Å². The molecular formula is C23H32O3. The van der Waals surface area contributed by atoms with Crippen molar-refractivity contribution in [2.75, 3.05) is 13.2 Å². The fraction of sp³-hybridized carbons (Fsp3) is 0.609. The molecule has 0 aliphatic heterocycles. The summed E-state index contributed by atoms with van der Waals surface area (Å²) in [5, 5.41) is 0. The standard InChI is InChI=1S/C23H32O3/c1-3-25-22(24)23(14-5-15-23)13-4-6-18(2)16-19-9-11-21(12-10-19)26-17-20-7-8-20/h9-12,20H,2-8,13-17H2,1H3. The van der Waals surface area contributed by atoms with Crippen LogP contribution >= 0.6 is 0 Å². The third-order valence-corrected chi connectivity index (χ3v) is 5.76. The van der Waals surface area contributed by atoms with Gasteiger partial charge in [-0.3, -0.25) is 4.79 Å². The second-order valence-corrected chi connectivity index (χ2v) is 8.03. The smallest absolute Gasteiger partial charge is 0.312 e. The Morgan fingerprint density at radius 2 is 1.96 bits per heavy atom. The van der Waals surface area contributed by atoms with Crippen LogP contribution in [0, 0.1) is 11.3 Å². The summed E-state index contributed by atoms with van der Waals surface area (Å²) in [6.07, 6.45) is 9.57. The minimum atomic E-state index is -0.198. The topological polar surface area (TPSA) is 35.5 Å². The van der Waals surface area contributed by atoms with Crippen molar-refractivity contribution in [3.05, 3.63) is 42.0 Å². The summed E-state index contributed by atoms with van der Waals surface area (Å²) in [4.78, 5) is 12.2. The van der Waals surface area contributed by atoms with E-state index in [1.165, 1.54) is 24.0 Å². The lowest BCUT2D eigenvalue weighted by Crippen LogP contribution is -2.39. The van der Waals surface area contributed by atoms with Gasteiger partial charge in [0.15, 0.2) is 0 Å². The highest BCUT2D eigenvalue weighted by Gasteiger charge is 2.44.